The van der Waals surface area contributed by atoms with Crippen LogP contribution in [0.25, 0.3) is 5.65 Å². The van der Waals surface area contributed by atoms with Crippen LogP contribution in [-0.2, 0) is 0 Å². The van der Waals surface area contributed by atoms with E-state index in [1.807, 2.05) is 6.07 Å². The minimum Gasteiger partial charge on any atom is -0.356 e. The van der Waals surface area contributed by atoms with Crippen LogP contribution in [0.3, 0.4) is 0 Å². The molecule has 0 bridgehead atoms. The second-order valence-corrected chi connectivity index (χ2v) is 5.38. The van der Waals surface area contributed by atoms with Gasteiger partial charge in [0, 0.05) is 24.5 Å². The third-order valence-electron chi connectivity index (χ3n) is 3.42. The lowest BCUT2D eigenvalue weighted by atomic mass is 10.1. The van der Waals surface area contributed by atoms with Crippen LogP contribution >= 0.6 is 15.9 Å². The van der Waals surface area contributed by atoms with Gasteiger partial charge < -0.3 is 4.90 Å². The molecular formula is C11H14BrN5O. The number of rotatable bonds is 3. The van der Waals surface area contributed by atoms with Gasteiger partial charge in [0.25, 0.3) is 0 Å². The zero-order valence-electron chi connectivity index (χ0n) is 9.84. The molecule has 3 rings (SSSR count). The van der Waals surface area contributed by atoms with E-state index >= 15 is 0 Å². The predicted molar refractivity (Wildman–Crippen MR) is 72.3 cm³/mol. The molecule has 0 aromatic carbocycles. The second-order valence-electron chi connectivity index (χ2n) is 4.58. The molecule has 0 radical (unpaired) electrons. The second kappa shape index (κ2) is 4.72. The van der Waals surface area contributed by atoms with Gasteiger partial charge in [0.05, 0.1) is 0 Å². The summed E-state index contributed by atoms with van der Waals surface area (Å²) < 4.78 is 1.41. The number of nitrogens with one attached hydrogen (secondary N) is 1. The maximum atomic E-state index is 11.3. The maximum absolute atomic E-state index is 11.3. The maximum Gasteiger partial charge on any atom is 0.348 e. The number of hydrogen-bond donors (Lipinski definition) is 1. The summed E-state index contributed by atoms with van der Waals surface area (Å²) in [7, 11) is 0. The van der Waals surface area contributed by atoms with Gasteiger partial charge in [-0.2, -0.15) is 5.10 Å². The van der Waals surface area contributed by atoms with Crippen molar-refractivity contribution >= 4 is 27.4 Å². The molecule has 2 aromatic rings. The molecule has 0 spiro atoms. The summed E-state index contributed by atoms with van der Waals surface area (Å²) in [6, 6.07) is 1.86. The Morgan fingerprint density at radius 2 is 2.44 bits per heavy atom. The Kier molecular flexibility index (Phi) is 3.07. The number of halogens is 1. The smallest absolute Gasteiger partial charge is 0.348 e. The third-order valence-corrected chi connectivity index (χ3v) is 3.88. The highest BCUT2D eigenvalue weighted by Crippen LogP contribution is 2.24. The van der Waals surface area contributed by atoms with Crippen LogP contribution in [0.5, 0.6) is 0 Å². The van der Waals surface area contributed by atoms with Gasteiger partial charge in [-0.05, 0) is 18.8 Å². The van der Waals surface area contributed by atoms with Crippen molar-refractivity contribution in [1.82, 2.24) is 19.6 Å². The van der Waals surface area contributed by atoms with Crippen molar-refractivity contribution in [3.63, 3.8) is 0 Å². The minimum absolute atomic E-state index is 0.248. The molecule has 1 fully saturated rings. The normalized spacial score (nSPS) is 19.8. The Morgan fingerprint density at radius 1 is 1.56 bits per heavy atom. The summed E-state index contributed by atoms with van der Waals surface area (Å²) >= 11 is 3.48. The predicted octanol–water partition coefficient (Wildman–Crippen LogP) is 1.03. The van der Waals surface area contributed by atoms with Crippen LogP contribution in [0.15, 0.2) is 17.2 Å². The fourth-order valence-corrected chi connectivity index (χ4v) is 3.05. The Balaban J connectivity index is 1.84. The number of fused-ring (bicyclic) bond motifs is 1. The van der Waals surface area contributed by atoms with Crippen molar-refractivity contribution in [2.45, 2.75) is 12.8 Å². The Hall–Kier alpha value is -1.37. The molecule has 1 unspecified atom stereocenters. The van der Waals surface area contributed by atoms with Gasteiger partial charge in [-0.3, -0.25) is 0 Å². The quantitative estimate of drug-likeness (QED) is 0.860. The summed E-state index contributed by atoms with van der Waals surface area (Å²) in [6.07, 6.45) is 3.93. The van der Waals surface area contributed by atoms with Crippen molar-refractivity contribution < 1.29 is 0 Å². The van der Waals surface area contributed by atoms with Crippen LogP contribution in [0.1, 0.15) is 12.8 Å². The van der Waals surface area contributed by atoms with E-state index in [1.54, 1.807) is 0 Å². The summed E-state index contributed by atoms with van der Waals surface area (Å²) in [6.45, 7) is 2.05. The summed E-state index contributed by atoms with van der Waals surface area (Å²) in [5.74, 6) is 1.63. The van der Waals surface area contributed by atoms with Crippen LogP contribution in [0.4, 0.5) is 5.82 Å². The van der Waals surface area contributed by atoms with E-state index in [4.69, 9.17) is 0 Å². The van der Waals surface area contributed by atoms with Gasteiger partial charge in [0.15, 0.2) is 5.65 Å². The number of aromatic amines is 1. The molecule has 1 N–H and O–H groups in total. The summed E-state index contributed by atoms with van der Waals surface area (Å²) in [5.41, 5.74) is 0.372. The molecule has 1 aliphatic heterocycles. The number of H-pyrrole nitrogens is 1. The lowest BCUT2D eigenvalue weighted by Crippen LogP contribution is -2.21. The number of aromatic nitrogens is 4. The monoisotopic (exact) mass is 311 g/mol. The fraction of sp³-hybridized carbons (Fsp3) is 0.545. The topological polar surface area (TPSA) is 66.3 Å². The van der Waals surface area contributed by atoms with E-state index < -0.39 is 0 Å². The number of hydrogen-bond acceptors (Lipinski definition) is 4. The Labute approximate surface area is 112 Å². The fourth-order valence-electron chi connectivity index (χ4n) is 2.40. The van der Waals surface area contributed by atoms with Crippen LogP contribution in [0.2, 0.25) is 0 Å². The van der Waals surface area contributed by atoms with E-state index in [9.17, 15) is 4.79 Å². The summed E-state index contributed by atoms with van der Waals surface area (Å²) in [5, 5.41) is 7.42. The molecule has 1 saturated heterocycles. The van der Waals surface area contributed by atoms with Gasteiger partial charge in [0.1, 0.15) is 12.1 Å². The molecule has 0 aliphatic carbocycles. The molecule has 18 heavy (non-hydrogen) atoms. The van der Waals surface area contributed by atoms with Crippen LogP contribution in [-0.4, -0.2) is 38.0 Å². The first-order chi connectivity index (χ1) is 8.78. The molecule has 96 valence electrons. The first-order valence-electron chi connectivity index (χ1n) is 6.01. The first kappa shape index (κ1) is 11.7. The van der Waals surface area contributed by atoms with E-state index in [1.165, 1.54) is 23.6 Å². The third kappa shape index (κ3) is 2.03. The van der Waals surface area contributed by atoms with Gasteiger partial charge in [0.2, 0.25) is 0 Å². The lowest BCUT2D eigenvalue weighted by molar-refractivity contribution is 0.575. The highest BCUT2D eigenvalue weighted by atomic mass is 79.9. The molecule has 1 atom stereocenters. The van der Waals surface area contributed by atoms with Gasteiger partial charge in [-0.1, -0.05) is 15.9 Å². The van der Waals surface area contributed by atoms with E-state index in [-0.39, 0.29) is 5.69 Å². The molecule has 0 saturated carbocycles. The Morgan fingerprint density at radius 3 is 3.28 bits per heavy atom. The SMILES string of the molecule is O=c1[nH]nc2cc(N3CCC(CCBr)C3)ncn12. The molecule has 1 aliphatic rings. The lowest BCUT2D eigenvalue weighted by Gasteiger charge is -2.16. The number of nitrogens with zero attached hydrogens (tertiary/aromatic N) is 4. The van der Waals surface area contributed by atoms with E-state index in [0.29, 0.717) is 5.65 Å². The van der Waals surface area contributed by atoms with Crippen molar-refractivity contribution in [2.75, 3.05) is 23.3 Å². The zero-order chi connectivity index (χ0) is 12.5. The highest BCUT2D eigenvalue weighted by molar-refractivity contribution is 9.09. The van der Waals surface area contributed by atoms with E-state index in [0.717, 1.165) is 30.2 Å². The highest BCUT2D eigenvalue weighted by Gasteiger charge is 2.23. The first-order valence-corrected chi connectivity index (χ1v) is 7.14. The number of alkyl halides is 1. The minimum atomic E-state index is -0.248. The Bertz CT molecular complexity index is 607. The standard InChI is InChI=1S/C11H14BrN5O/c12-3-1-8-2-4-16(6-8)9-5-10-14-15-11(18)17(10)7-13-9/h5,7-8H,1-4,6H2,(H,15,18). The van der Waals surface area contributed by atoms with Crippen molar-refractivity contribution in [3.05, 3.63) is 22.9 Å². The molecule has 2 aromatic heterocycles. The average Bonchev–Trinajstić information content (AvgIpc) is 2.97. The molecule has 6 nitrogen and oxygen atoms in total. The van der Waals surface area contributed by atoms with Gasteiger partial charge in [-0.15, -0.1) is 0 Å². The average molecular weight is 312 g/mol. The molecular weight excluding hydrogens is 298 g/mol. The molecule has 0 amide bonds. The van der Waals surface area contributed by atoms with Gasteiger partial charge in [-0.25, -0.2) is 19.3 Å². The summed E-state index contributed by atoms with van der Waals surface area (Å²) in [4.78, 5) is 17.9. The largest absolute Gasteiger partial charge is 0.356 e. The van der Waals surface area contributed by atoms with Crippen LogP contribution in [0, 0.1) is 5.92 Å². The van der Waals surface area contributed by atoms with Crippen molar-refractivity contribution in [2.24, 2.45) is 5.92 Å². The van der Waals surface area contributed by atoms with Gasteiger partial charge >= 0.3 is 5.69 Å². The number of anilines is 1. The van der Waals surface area contributed by atoms with Crippen molar-refractivity contribution in [1.29, 1.82) is 0 Å². The molecule has 3 heterocycles. The van der Waals surface area contributed by atoms with E-state index in [2.05, 4.69) is 36.0 Å². The van der Waals surface area contributed by atoms with Crippen LogP contribution < -0.4 is 10.6 Å². The zero-order valence-corrected chi connectivity index (χ0v) is 11.4. The molecule has 7 heteroatoms. The van der Waals surface area contributed by atoms with Crippen molar-refractivity contribution in [3.8, 4) is 0 Å².